The molecule has 0 saturated heterocycles. The Hall–Kier alpha value is -2.30. The van der Waals surface area contributed by atoms with Gasteiger partial charge in [0.2, 0.25) is 0 Å². The molecule has 0 bridgehead atoms. The summed E-state index contributed by atoms with van der Waals surface area (Å²) < 4.78 is 29.1. The van der Waals surface area contributed by atoms with Crippen molar-refractivity contribution in [1.82, 2.24) is 9.78 Å². The Balaban J connectivity index is 2.43. The highest BCUT2D eigenvalue weighted by molar-refractivity contribution is 7.92. The number of rotatable bonds is 3. The van der Waals surface area contributed by atoms with Crippen LogP contribution in [-0.4, -0.2) is 24.7 Å². The predicted molar refractivity (Wildman–Crippen MR) is 81.1 cm³/mol. The number of nitrogens with two attached hydrogens (primary N) is 1. The lowest BCUT2D eigenvalue weighted by atomic mass is 10.2. The summed E-state index contributed by atoms with van der Waals surface area (Å²) in [6.07, 6.45) is 1.61. The molecule has 0 amide bonds. The van der Waals surface area contributed by atoms with Crippen LogP contribution in [0.3, 0.4) is 0 Å². The lowest BCUT2D eigenvalue weighted by molar-refractivity contribution is 0.601. The molecule has 0 spiro atoms. The molecule has 0 radical (unpaired) electrons. The van der Waals surface area contributed by atoms with Crippen molar-refractivity contribution in [3.8, 4) is 11.8 Å². The second-order valence-corrected chi connectivity index (χ2v) is 6.06. The molecule has 1 aromatic heterocycles. The summed E-state index contributed by atoms with van der Waals surface area (Å²) in [6.45, 7) is 1.90. The van der Waals surface area contributed by atoms with Gasteiger partial charge >= 0.3 is 0 Å². The Morgan fingerprint density at radius 2 is 2.10 bits per heavy atom. The van der Waals surface area contributed by atoms with Crippen LogP contribution in [0.4, 0.5) is 5.69 Å². The number of aromatic nitrogens is 2. The third-order valence-corrected chi connectivity index (χ3v) is 4.18. The minimum absolute atomic E-state index is 0.120. The standard InChI is InChI=1S/C14H16N4O2S/c1-11-13(10-18(2)16-11)17-21(19,20)14-8-4-3-6-12(14)7-5-9-15/h3-4,6,8,10,17H,9,15H2,1-2H3. The fourth-order valence-corrected chi connectivity index (χ4v) is 3.12. The second kappa shape index (κ2) is 5.99. The number of hydrogen-bond donors (Lipinski definition) is 2. The number of anilines is 1. The van der Waals surface area contributed by atoms with Gasteiger partial charge in [0.25, 0.3) is 10.0 Å². The van der Waals surface area contributed by atoms with Crippen molar-refractivity contribution < 1.29 is 8.42 Å². The van der Waals surface area contributed by atoms with Gasteiger partial charge in [-0.1, -0.05) is 24.0 Å². The van der Waals surface area contributed by atoms with Gasteiger partial charge in [0.1, 0.15) is 4.90 Å². The monoisotopic (exact) mass is 304 g/mol. The molecule has 1 aromatic carbocycles. The zero-order valence-electron chi connectivity index (χ0n) is 11.8. The number of nitrogens with one attached hydrogen (secondary N) is 1. The first-order chi connectivity index (χ1) is 9.94. The molecule has 7 heteroatoms. The van der Waals surface area contributed by atoms with E-state index >= 15 is 0 Å². The zero-order valence-corrected chi connectivity index (χ0v) is 12.6. The second-order valence-electron chi connectivity index (χ2n) is 4.41. The van der Waals surface area contributed by atoms with E-state index in [9.17, 15) is 8.42 Å². The molecule has 110 valence electrons. The molecule has 21 heavy (non-hydrogen) atoms. The SMILES string of the molecule is Cc1nn(C)cc1NS(=O)(=O)c1ccccc1C#CCN. The van der Waals surface area contributed by atoms with Gasteiger partial charge in [-0.3, -0.25) is 9.40 Å². The molecule has 0 aliphatic heterocycles. The van der Waals surface area contributed by atoms with E-state index in [1.807, 2.05) is 0 Å². The number of benzene rings is 1. The lowest BCUT2D eigenvalue weighted by Gasteiger charge is -2.08. The van der Waals surface area contributed by atoms with Crippen LogP contribution in [0.15, 0.2) is 35.4 Å². The number of sulfonamides is 1. The van der Waals surface area contributed by atoms with Gasteiger partial charge in [-0.05, 0) is 19.1 Å². The summed E-state index contributed by atoms with van der Waals surface area (Å²) in [4.78, 5) is 0.120. The lowest BCUT2D eigenvalue weighted by Crippen LogP contribution is -2.14. The highest BCUT2D eigenvalue weighted by atomic mass is 32.2. The molecule has 3 N–H and O–H groups in total. The first-order valence-corrected chi connectivity index (χ1v) is 7.73. The molecular weight excluding hydrogens is 288 g/mol. The fraction of sp³-hybridized carbons (Fsp3) is 0.214. The molecule has 2 rings (SSSR count). The van der Waals surface area contributed by atoms with Gasteiger partial charge in [-0.25, -0.2) is 8.42 Å². The Kier molecular flexibility index (Phi) is 4.31. The Bertz CT molecular complexity index is 813. The van der Waals surface area contributed by atoms with Crippen LogP contribution in [0.5, 0.6) is 0 Å². The van der Waals surface area contributed by atoms with Crippen LogP contribution < -0.4 is 10.5 Å². The van der Waals surface area contributed by atoms with Gasteiger partial charge in [-0.15, -0.1) is 0 Å². The molecule has 0 atom stereocenters. The normalized spacial score (nSPS) is 10.8. The highest BCUT2D eigenvalue weighted by Gasteiger charge is 2.19. The molecule has 0 aliphatic carbocycles. The van der Waals surface area contributed by atoms with Gasteiger partial charge in [0.15, 0.2) is 0 Å². The fourth-order valence-electron chi connectivity index (χ4n) is 1.85. The third kappa shape index (κ3) is 3.42. The van der Waals surface area contributed by atoms with Crippen LogP contribution in [0, 0.1) is 18.8 Å². The average Bonchev–Trinajstić information content (AvgIpc) is 2.74. The maximum Gasteiger partial charge on any atom is 0.263 e. The van der Waals surface area contributed by atoms with Gasteiger partial charge < -0.3 is 5.73 Å². The van der Waals surface area contributed by atoms with Crippen molar-refractivity contribution in [2.75, 3.05) is 11.3 Å². The van der Waals surface area contributed by atoms with Gasteiger partial charge in [0, 0.05) is 18.8 Å². The molecule has 0 aliphatic rings. The summed E-state index contributed by atoms with van der Waals surface area (Å²) in [7, 11) is -2.00. The van der Waals surface area contributed by atoms with Crippen LogP contribution in [-0.2, 0) is 17.1 Å². The van der Waals surface area contributed by atoms with E-state index in [0.29, 0.717) is 16.9 Å². The van der Waals surface area contributed by atoms with Gasteiger partial charge in [-0.2, -0.15) is 5.10 Å². The van der Waals surface area contributed by atoms with E-state index in [1.54, 1.807) is 43.0 Å². The van der Waals surface area contributed by atoms with E-state index in [2.05, 4.69) is 21.7 Å². The molecule has 2 aromatic rings. The number of aryl methyl sites for hydroxylation is 2. The van der Waals surface area contributed by atoms with Crippen molar-refractivity contribution in [3.63, 3.8) is 0 Å². The topological polar surface area (TPSA) is 90.0 Å². The molecular formula is C14H16N4O2S. The van der Waals surface area contributed by atoms with Crippen molar-refractivity contribution in [1.29, 1.82) is 0 Å². The molecule has 0 unspecified atom stereocenters. The van der Waals surface area contributed by atoms with Crippen LogP contribution in [0.2, 0.25) is 0 Å². The van der Waals surface area contributed by atoms with E-state index in [4.69, 9.17) is 5.73 Å². The largest absolute Gasteiger partial charge is 0.320 e. The quantitative estimate of drug-likeness (QED) is 0.822. The zero-order chi connectivity index (χ0) is 15.5. The maximum atomic E-state index is 12.5. The first kappa shape index (κ1) is 15.1. The Morgan fingerprint density at radius 3 is 2.71 bits per heavy atom. The van der Waals surface area contributed by atoms with E-state index in [-0.39, 0.29) is 11.4 Å². The van der Waals surface area contributed by atoms with Gasteiger partial charge in [0.05, 0.1) is 17.9 Å². The molecule has 6 nitrogen and oxygen atoms in total. The third-order valence-electron chi connectivity index (χ3n) is 2.76. The summed E-state index contributed by atoms with van der Waals surface area (Å²) >= 11 is 0. The Labute approximate surface area is 124 Å². The maximum absolute atomic E-state index is 12.5. The summed E-state index contributed by atoms with van der Waals surface area (Å²) in [5.74, 6) is 5.44. The van der Waals surface area contributed by atoms with E-state index in [1.165, 1.54) is 6.07 Å². The van der Waals surface area contributed by atoms with E-state index in [0.717, 1.165) is 0 Å². The van der Waals surface area contributed by atoms with Crippen molar-refractivity contribution in [2.24, 2.45) is 12.8 Å². The minimum Gasteiger partial charge on any atom is -0.320 e. The Morgan fingerprint density at radius 1 is 1.38 bits per heavy atom. The minimum atomic E-state index is -3.73. The number of nitrogens with zero attached hydrogens (tertiary/aromatic N) is 2. The molecule has 0 saturated carbocycles. The predicted octanol–water partition coefficient (Wildman–Crippen LogP) is 0.840. The molecule has 1 heterocycles. The van der Waals surface area contributed by atoms with Crippen LogP contribution >= 0.6 is 0 Å². The number of hydrogen-bond acceptors (Lipinski definition) is 4. The summed E-state index contributed by atoms with van der Waals surface area (Å²) in [6, 6.07) is 6.54. The highest BCUT2D eigenvalue weighted by Crippen LogP contribution is 2.20. The van der Waals surface area contributed by atoms with Crippen LogP contribution in [0.1, 0.15) is 11.3 Å². The summed E-state index contributed by atoms with van der Waals surface area (Å²) in [5, 5.41) is 4.11. The van der Waals surface area contributed by atoms with Crippen molar-refractivity contribution in [3.05, 3.63) is 41.7 Å². The van der Waals surface area contributed by atoms with Crippen molar-refractivity contribution in [2.45, 2.75) is 11.8 Å². The van der Waals surface area contributed by atoms with E-state index < -0.39 is 10.0 Å². The van der Waals surface area contributed by atoms with Crippen LogP contribution in [0.25, 0.3) is 0 Å². The molecule has 0 fully saturated rings. The smallest absolute Gasteiger partial charge is 0.263 e. The first-order valence-electron chi connectivity index (χ1n) is 6.25. The average molecular weight is 304 g/mol. The van der Waals surface area contributed by atoms with Crippen molar-refractivity contribution >= 4 is 15.7 Å². The summed E-state index contributed by atoms with van der Waals surface area (Å²) in [5.41, 5.74) is 6.79.